The molecule has 1 aromatic carbocycles. The van der Waals surface area contributed by atoms with Crippen LogP contribution in [0, 0.1) is 6.92 Å². The Morgan fingerprint density at radius 2 is 2.33 bits per heavy atom. The fraction of sp³-hybridized carbons (Fsp3) is 0.308. The van der Waals surface area contributed by atoms with Gasteiger partial charge in [0.25, 0.3) is 0 Å². The number of hydrogen-bond acceptors (Lipinski definition) is 2. The lowest BCUT2D eigenvalue weighted by Crippen LogP contribution is -2.01. The third-order valence-electron chi connectivity index (χ3n) is 2.46. The third kappa shape index (κ3) is 2.69. The fourth-order valence-corrected chi connectivity index (χ4v) is 1.67. The number of cyclic esters (lactones) is 1. The molecule has 1 saturated heterocycles. The number of hydrogen-bond donors (Lipinski definition) is 0. The molecule has 1 fully saturated rings. The predicted molar refractivity (Wildman–Crippen MR) is 59.3 cm³/mol. The van der Waals surface area contributed by atoms with Crippen LogP contribution < -0.4 is 0 Å². The van der Waals surface area contributed by atoms with Crippen molar-refractivity contribution in [3.05, 3.63) is 41.5 Å². The average Bonchev–Trinajstić information content (AvgIpc) is 2.62. The summed E-state index contributed by atoms with van der Waals surface area (Å²) in [5, 5.41) is 0. The molecule has 0 bridgehead atoms. The molecule has 0 aliphatic carbocycles. The molecule has 1 atom stereocenters. The first-order valence-corrected chi connectivity index (χ1v) is 5.18. The number of ether oxygens (including phenoxy) is 1. The molecule has 0 aromatic heterocycles. The fourth-order valence-electron chi connectivity index (χ4n) is 1.67. The van der Waals surface area contributed by atoms with Gasteiger partial charge in [0.2, 0.25) is 0 Å². The Morgan fingerprint density at radius 3 is 3.00 bits per heavy atom. The van der Waals surface area contributed by atoms with E-state index >= 15 is 0 Å². The first-order chi connectivity index (χ1) is 7.24. The molecule has 2 heteroatoms. The van der Waals surface area contributed by atoms with Crippen molar-refractivity contribution in [1.29, 1.82) is 0 Å². The molecule has 0 N–H and O–H groups in total. The van der Waals surface area contributed by atoms with Gasteiger partial charge in [-0.05, 0) is 25.0 Å². The van der Waals surface area contributed by atoms with E-state index in [0.717, 1.165) is 12.0 Å². The number of benzene rings is 1. The molecule has 0 amide bonds. The third-order valence-corrected chi connectivity index (χ3v) is 2.46. The Kier molecular flexibility index (Phi) is 2.86. The van der Waals surface area contributed by atoms with Crippen molar-refractivity contribution in [3.63, 3.8) is 0 Å². The van der Waals surface area contributed by atoms with Crippen LogP contribution in [0.25, 0.3) is 6.08 Å². The van der Waals surface area contributed by atoms with Crippen molar-refractivity contribution in [3.8, 4) is 0 Å². The zero-order valence-electron chi connectivity index (χ0n) is 8.77. The Bertz CT molecular complexity index is 393. The van der Waals surface area contributed by atoms with E-state index in [0.29, 0.717) is 6.42 Å². The molecule has 0 saturated carbocycles. The van der Waals surface area contributed by atoms with Gasteiger partial charge in [0.05, 0.1) is 0 Å². The van der Waals surface area contributed by atoms with Gasteiger partial charge < -0.3 is 4.74 Å². The first kappa shape index (κ1) is 9.97. The monoisotopic (exact) mass is 202 g/mol. The molecule has 0 radical (unpaired) electrons. The van der Waals surface area contributed by atoms with Crippen LogP contribution in [-0.4, -0.2) is 12.1 Å². The zero-order chi connectivity index (χ0) is 10.7. The highest BCUT2D eigenvalue weighted by atomic mass is 16.5. The highest BCUT2D eigenvalue weighted by Gasteiger charge is 2.20. The van der Waals surface area contributed by atoms with Crippen LogP contribution in [0.2, 0.25) is 0 Å². The molecular weight excluding hydrogens is 188 g/mol. The molecule has 78 valence electrons. The van der Waals surface area contributed by atoms with Crippen molar-refractivity contribution in [2.75, 3.05) is 0 Å². The minimum absolute atomic E-state index is 0.0296. The number of carbonyl (C=O) groups is 1. The zero-order valence-corrected chi connectivity index (χ0v) is 8.77. The van der Waals surface area contributed by atoms with Crippen LogP contribution >= 0.6 is 0 Å². The summed E-state index contributed by atoms with van der Waals surface area (Å²) in [4.78, 5) is 10.9. The summed E-state index contributed by atoms with van der Waals surface area (Å²) in [5.41, 5.74) is 2.39. The Morgan fingerprint density at radius 1 is 1.47 bits per heavy atom. The van der Waals surface area contributed by atoms with Crippen LogP contribution in [-0.2, 0) is 9.53 Å². The predicted octanol–water partition coefficient (Wildman–Crippen LogP) is 2.71. The van der Waals surface area contributed by atoms with Crippen LogP contribution in [0.5, 0.6) is 0 Å². The topological polar surface area (TPSA) is 26.3 Å². The van der Waals surface area contributed by atoms with Crippen molar-refractivity contribution in [1.82, 2.24) is 0 Å². The highest BCUT2D eigenvalue weighted by Crippen LogP contribution is 2.16. The van der Waals surface area contributed by atoms with Crippen LogP contribution in [0.1, 0.15) is 24.0 Å². The van der Waals surface area contributed by atoms with Gasteiger partial charge >= 0.3 is 5.97 Å². The second kappa shape index (κ2) is 4.30. The summed E-state index contributed by atoms with van der Waals surface area (Å²) in [6, 6.07) is 8.23. The Balaban J connectivity index is 2.02. The smallest absolute Gasteiger partial charge is 0.306 e. The molecule has 0 spiro atoms. The molecular formula is C13H14O2. The maximum absolute atomic E-state index is 10.9. The number of carbonyl (C=O) groups excluding carboxylic acids is 1. The standard InChI is InChI=1S/C13H14O2/c1-10-3-2-4-11(9-10)5-6-12-7-8-13(14)15-12/h2-6,9,12H,7-8H2,1H3/b6-5+. The summed E-state index contributed by atoms with van der Waals surface area (Å²) in [6.45, 7) is 2.06. The lowest BCUT2D eigenvalue weighted by molar-refractivity contribution is -0.139. The maximum Gasteiger partial charge on any atom is 0.306 e. The number of esters is 1. The van der Waals surface area contributed by atoms with Crippen LogP contribution in [0.4, 0.5) is 0 Å². The van der Waals surface area contributed by atoms with Gasteiger partial charge in [-0.2, -0.15) is 0 Å². The van der Waals surface area contributed by atoms with E-state index in [1.54, 1.807) is 0 Å². The molecule has 15 heavy (non-hydrogen) atoms. The molecule has 2 rings (SSSR count). The summed E-state index contributed by atoms with van der Waals surface area (Å²) in [7, 11) is 0. The molecule has 1 unspecified atom stereocenters. The molecule has 1 aliphatic heterocycles. The van der Waals surface area contributed by atoms with Gasteiger partial charge in [-0.25, -0.2) is 0 Å². The summed E-state index contributed by atoms with van der Waals surface area (Å²) < 4.78 is 5.09. The minimum Gasteiger partial charge on any atom is -0.458 e. The van der Waals surface area contributed by atoms with Gasteiger partial charge in [0.1, 0.15) is 6.10 Å². The summed E-state index contributed by atoms with van der Waals surface area (Å²) in [5.74, 6) is -0.0890. The van der Waals surface area contributed by atoms with E-state index in [4.69, 9.17) is 4.74 Å². The Labute approximate surface area is 89.6 Å². The van der Waals surface area contributed by atoms with Crippen molar-refractivity contribution in [2.45, 2.75) is 25.9 Å². The van der Waals surface area contributed by atoms with E-state index in [-0.39, 0.29) is 12.1 Å². The molecule has 2 nitrogen and oxygen atoms in total. The largest absolute Gasteiger partial charge is 0.458 e. The molecule has 1 aromatic rings. The molecule has 1 aliphatic rings. The number of aryl methyl sites for hydroxylation is 1. The van der Waals surface area contributed by atoms with Gasteiger partial charge in [-0.1, -0.05) is 35.9 Å². The van der Waals surface area contributed by atoms with Gasteiger partial charge in [0, 0.05) is 6.42 Å². The van der Waals surface area contributed by atoms with Crippen LogP contribution in [0.15, 0.2) is 30.3 Å². The number of rotatable bonds is 2. The second-order valence-corrected chi connectivity index (χ2v) is 3.84. The van der Waals surface area contributed by atoms with Gasteiger partial charge in [-0.15, -0.1) is 0 Å². The lowest BCUT2D eigenvalue weighted by Gasteiger charge is -2.02. The van der Waals surface area contributed by atoms with Crippen molar-refractivity contribution in [2.24, 2.45) is 0 Å². The average molecular weight is 202 g/mol. The van der Waals surface area contributed by atoms with Gasteiger partial charge in [-0.3, -0.25) is 4.79 Å². The van der Waals surface area contributed by atoms with E-state index < -0.39 is 0 Å². The second-order valence-electron chi connectivity index (χ2n) is 3.84. The van der Waals surface area contributed by atoms with Crippen LogP contribution in [0.3, 0.4) is 0 Å². The van der Waals surface area contributed by atoms with Crippen molar-refractivity contribution < 1.29 is 9.53 Å². The van der Waals surface area contributed by atoms with E-state index in [1.807, 2.05) is 24.3 Å². The maximum atomic E-state index is 10.9. The van der Waals surface area contributed by atoms with E-state index in [9.17, 15) is 4.79 Å². The normalized spacial score (nSPS) is 20.9. The summed E-state index contributed by atoms with van der Waals surface area (Å²) >= 11 is 0. The van der Waals surface area contributed by atoms with E-state index in [2.05, 4.69) is 19.1 Å². The molecule has 1 heterocycles. The van der Waals surface area contributed by atoms with Crippen molar-refractivity contribution >= 4 is 12.0 Å². The van der Waals surface area contributed by atoms with Gasteiger partial charge in [0.15, 0.2) is 0 Å². The highest BCUT2D eigenvalue weighted by molar-refractivity contribution is 5.72. The quantitative estimate of drug-likeness (QED) is 0.689. The Hall–Kier alpha value is -1.57. The minimum atomic E-state index is -0.0890. The summed E-state index contributed by atoms with van der Waals surface area (Å²) in [6.07, 6.45) is 5.29. The SMILES string of the molecule is Cc1cccc(/C=C/C2CCC(=O)O2)c1. The van der Waals surface area contributed by atoms with E-state index in [1.165, 1.54) is 5.56 Å². The lowest BCUT2D eigenvalue weighted by atomic mass is 10.1. The first-order valence-electron chi connectivity index (χ1n) is 5.18.